The molecular formula is C53H82O31S3. The van der Waals surface area contributed by atoms with Crippen molar-refractivity contribution in [3.63, 3.8) is 0 Å². The fraction of sp³-hybridized carbons (Fsp3) is 0.906. The van der Waals surface area contributed by atoms with E-state index in [9.17, 15) is 79.4 Å². The van der Waals surface area contributed by atoms with Gasteiger partial charge in [-0.15, -0.1) is 0 Å². The molecule has 34 heteroatoms. The summed E-state index contributed by atoms with van der Waals surface area (Å²) in [7, 11) is -14.9. The highest BCUT2D eigenvalue weighted by Gasteiger charge is 2.79. The van der Waals surface area contributed by atoms with E-state index >= 15 is 0 Å². The summed E-state index contributed by atoms with van der Waals surface area (Å²) in [5.74, 6) is -1.53. The van der Waals surface area contributed by atoms with E-state index in [1.807, 2.05) is 34.6 Å². The van der Waals surface area contributed by atoms with E-state index in [-0.39, 0.29) is 48.6 Å². The van der Waals surface area contributed by atoms with Crippen LogP contribution in [0.15, 0.2) is 11.6 Å². The second-order valence-corrected chi connectivity index (χ2v) is 29.6. The van der Waals surface area contributed by atoms with Crippen LogP contribution in [-0.2, 0) is 105 Å². The summed E-state index contributed by atoms with van der Waals surface area (Å²) in [5.41, 5.74) is -3.44. The lowest BCUT2D eigenvalue weighted by atomic mass is 9.41. The van der Waals surface area contributed by atoms with Gasteiger partial charge in [0.05, 0.1) is 43.4 Å². The Labute approximate surface area is 503 Å². The van der Waals surface area contributed by atoms with Crippen molar-refractivity contribution in [2.75, 3.05) is 26.9 Å². The van der Waals surface area contributed by atoms with Gasteiger partial charge in [0.25, 0.3) is 0 Å². The van der Waals surface area contributed by atoms with Gasteiger partial charge < -0.3 is 78.0 Å². The van der Waals surface area contributed by atoms with Gasteiger partial charge in [-0.1, -0.05) is 53.2 Å². The predicted octanol–water partition coefficient (Wildman–Crippen LogP) is -0.830. The van der Waals surface area contributed by atoms with Crippen LogP contribution in [0.5, 0.6) is 0 Å². The summed E-state index contributed by atoms with van der Waals surface area (Å²) in [6.45, 7) is 12.5. The Balaban J connectivity index is 0.915. The van der Waals surface area contributed by atoms with Gasteiger partial charge in [-0.25, -0.2) is 12.5 Å². The molecule has 1 spiro atoms. The molecule has 9 rings (SSSR count). The summed E-state index contributed by atoms with van der Waals surface area (Å²) < 4.78 is 173. The molecule has 0 unspecified atom stereocenters. The van der Waals surface area contributed by atoms with Crippen LogP contribution in [0.4, 0.5) is 0 Å². The lowest BCUT2D eigenvalue weighted by molar-refractivity contribution is -0.380. The third kappa shape index (κ3) is 13.0. The molecule has 4 aliphatic carbocycles. The first-order chi connectivity index (χ1) is 40.2. The molecule has 0 aromatic rings. The van der Waals surface area contributed by atoms with E-state index in [1.165, 1.54) is 6.92 Å². The van der Waals surface area contributed by atoms with Crippen LogP contribution < -0.4 is 0 Å². The molecule has 5 saturated heterocycles. The molecule has 5 heterocycles. The standard InChI is InChI=1S/C53H82O31S3/c1-22(2)16-24(54)17-52(8)43-27(55)18-51(7)26-10-11-31-49(4,5)32(13-14-50(31,6)25(26)12-15-53(43,51)48(62)82-52)78-46-41(34(58)30(20-74-46)83-86(66,67)68)81-44-36(60)35(59)38(23(3)76-44)79-47-42(84-87(69,70)71)39(28(56)19-73-47)80-45-37(61)40(72-9)33(57)29(77-45)21-75-85(63,64)65/h10,22-23,25,28-47,56-61H,11-21H2,1-9H3,(H,63,64,65)(H,66,67,68)(H,69,70,71)/t23-,25-,28-,29-,30-,31+,32+,33-,34+,35-,36-,37-,38-,39+,40+,41-,42-,43-,44+,45+,46+,47+,50-,51+,52+,53-/m1/s1. The zero-order chi connectivity index (χ0) is 64.3. The molecule has 26 atom stereocenters. The second kappa shape index (κ2) is 24.8. The molecule has 3 saturated carbocycles. The lowest BCUT2D eigenvalue weighted by Crippen LogP contribution is -2.66. The Morgan fingerprint density at radius 2 is 1.32 bits per heavy atom. The number of rotatable bonds is 20. The van der Waals surface area contributed by atoms with Crippen molar-refractivity contribution in [1.82, 2.24) is 0 Å². The van der Waals surface area contributed by atoms with Crippen molar-refractivity contribution in [3.05, 3.63) is 11.6 Å². The molecule has 5 aliphatic heterocycles. The maximum atomic E-state index is 14.4. The van der Waals surface area contributed by atoms with Gasteiger partial charge >= 0.3 is 37.2 Å². The summed E-state index contributed by atoms with van der Waals surface area (Å²) in [4.78, 5) is 42.0. The normalized spacial score (nSPS) is 46.7. The number of hydrogen-bond donors (Lipinski definition) is 9. The topological polar surface area (TPSA) is 456 Å². The maximum Gasteiger partial charge on any atom is 0.397 e. The number of carbonyl (C=O) groups is 3. The number of hydrogen-bond acceptors (Lipinski definition) is 28. The van der Waals surface area contributed by atoms with E-state index in [0.29, 0.717) is 32.1 Å². The molecule has 0 radical (unpaired) electrons. The molecule has 9 N–H and O–H groups in total. The van der Waals surface area contributed by atoms with Crippen LogP contribution >= 0.6 is 0 Å². The quantitative estimate of drug-likeness (QED) is 0.0408. The number of methoxy groups -OCH3 is 1. The first-order valence-corrected chi connectivity index (χ1v) is 33.0. The fourth-order valence-corrected chi connectivity index (χ4v) is 17.5. The van der Waals surface area contributed by atoms with Crippen LogP contribution in [0.2, 0.25) is 0 Å². The zero-order valence-corrected chi connectivity index (χ0v) is 51.8. The van der Waals surface area contributed by atoms with Crippen molar-refractivity contribution in [2.24, 2.45) is 45.3 Å². The third-order valence-corrected chi connectivity index (χ3v) is 21.4. The van der Waals surface area contributed by atoms with Gasteiger partial charge in [-0.2, -0.15) is 25.3 Å². The molecule has 0 aromatic carbocycles. The summed E-state index contributed by atoms with van der Waals surface area (Å²) in [6, 6.07) is 0. The van der Waals surface area contributed by atoms with E-state index in [4.69, 9.17) is 60.3 Å². The zero-order valence-electron chi connectivity index (χ0n) is 49.4. The minimum atomic E-state index is -5.55. The highest BCUT2D eigenvalue weighted by molar-refractivity contribution is 7.81. The first-order valence-electron chi connectivity index (χ1n) is 28.9. The fourth-order valence-electron chi connectivity index (χ4n) is 16.3. The Bertz CT molecular complexity index is 2950. The molecule has 498 valence electrons. The maximum absolute atomic E-state index is 14.4. The summed E-state index contributed by atoms with van der Waals surface area (Å²) in [6.07, 6.45) is -30.2. The Hall–Kier alpha value is -2.44. The second-order valence-electron chi connectivity index (χ2n) is 26.4. The van der Waals surface area contributed by atoms with Gasteiger partial charge in [0.1, 0.15) is 90.4 Å². The first kappa shape index (κ1) is 68.9. The number of carbonyl (C=O) groups excluding carboxylic acids is 3. The monoisotopic (exact) mass is 1310 g/mol. The van der Waals surface area contributed by atoms with Gasteiger partial charge in [0.15, 0.2) is 31.3 Å². The number of allylic oxidation sites excluding steroid dienone is 2. The number of ether oxygens (including phenoxy) is 10. The van der Waals surface area contributed by atoms with Crippen LogP contribution in [0.1, 0.15) is 107 Å². The highest BCUT2D eigenvalue weighted by Crippen LogP contribution is 2.75. The van der Waals surface area contributed by atoms with E-state index in [2.05, 4.69) is 17.2 Å². The molecule has 0 bridgehead atoms. The van der Waals surface area contributed by atoms with Gasteiger partial charge in [0, 0.05) is 31.8 Å². The number of cyclic esters (lactones) is 1. The number of Topliss-reactive ketones (excluding diaryl/α,β-unsaturated/α-hetero) is 2. The number of aliphatic hydroxyl groups is 6. The minimum Gasteiger partial charge on any atom is -0.458 e. The molecule has 8 fully saturated rings. The minimum absolute atomic E-state index is 0.0519. The number of esters is 1. The van der Waals surface area contributed by atoms with E-state index < -0.39 is 207 Å². The van der Waals surface area contributed by atoms with E-state index in [1.54, 1.807) is 6.92 Å². The molecule has 87 heavy (non-hydrogen) atoms. The number of aliphatic hydroxyl groups excluding tert-OH is 6. The summed E-state index contributed by atoms with van der Waals surface area (Å²) >= 11 is 0. The van der Waals surface area contributed by atoms with Crippen molar-refractivity contribution in [2.45, 2.75) is 229 Å². The van der Waals surface area contributed by atoms with Gasteiger partial charge in [0.2, 0.25) is 0 Å². The average molecular weight is 1310 g/mol. The Morgan fingerprint density at radius 1 is 0.701 bits per heavy atom. The van der Waals surface area contributed by atoms with Crippen LogP contribution in [-0.4, -0.2) is 236 Å². The molecule has 0 amide bonds. The van der Waals surface area contributed by atoms with Crippen LogP contribution in [0, 0.1) is 45.3 Å². The average Bonchev–Trinajstić information content (AvgIpc) is 1.53. The van der Waals surface area contributed by atoms with Crippen molar-refractivity contribution >= 4 is 48.7 Å². The SMILES string of the molecule is CO[C@@H]1[C@@H](O)[C@H](O[C@@H]2[C@@H](OS(=O)(=O)O)[C@H](O[C@H]3[C@H](O)[C@@H](O)[C@H](O[C@H]4[C@H](O[C@H]5CC[C@]6(C)[C@@H]7CC[C@]89C(=O)O[C@@](C)(CC(=O)CC(C)C)[C@H]8C(=O)C[C@@]9(C)C7=CC[C@H]6C5(C)C)OC[C@@H](OS(=O)(=O)O)[C@@H]4O)O[C@@H]3C)OC[C@H]2O)O[C@H](COS(=O)(=O)O)[C@H]1O. The molecular weight excluding hydrogens is 1230 g/mol. The Morgan fingerprint density at radius 3 is 1.95 bits per heavy atom. The van der Waals surface area contributed by atoms with Crippen molar-refractivity contribution in [1.29, 1.82) is 0 Å². The molecule has 0 aromatic heterocycles. The largest absolute Gasteiger partial charge is 0.458 e. The number of ketones is 2. The Kier molecular flexibility index (Phi) is 19.6. The van der Waals surface area contributed by atoms with Gasteiger partial charge in [-0.05, 0) is 74.5 Å². The third-order valence-electron chi connectivity index (χ3n) is 20.0. The van der Waals surface area contributed by atoms with E-state index in [0.717, 1.165) is 12.7 Å². The molecule has 31 nitrogen and oxygen atoms in total. The molecule has 9 aliphatic rings. The van der Waals surface area contributed by atoms with Crippen LogP contribution in [0.25, 0.3) is 0 Å². The van der Waals surface area contributed by atoms with Crippen molar-refractivity contribution < 1.29 is 144 Å². The smallest absolute Gasteiger partial charge is 0.397 e. The highest BCUT2D eigenvalue weighted by atomic mass is 32.3. The summed E-state index contributed by atoms with van der Waals surface area (Å²) in [5, 5.41) is 68.1. The number of fused-ring (bicyclic) bond motifs is 4. The predicted molar refractivity (Wildman–Crippen MR) is 286 cm³/mol. The van der Waals surface area contributed by atoms with Gasteiger partial charge in [-0.3, -0.25) is 28.0 Å². The lowest BCUT2D eigenvalue weighted by Gasteiger charge is -2.63. The van der Waals surface area contributed by atoms with Crippen molar-refractivity contribution in [3.8, 4) is 0 Å². The van der Waals surface area contributed by atoms with Crippen LogP contribution in [0.3, 0.4) is 0 Å².